The van der Waals surface area contributed by atoms with Crippen molar-refractivity contribution in [2.24, 2.45) is 0 Å². The van der Waals surface area contributed by atoms with Crippen molar-refractivity contribution < 1.29 is 9.13 Å². The summed E-state index contributed by atoms with van der Waals surface area (Å²) in [6.07, 6.45) is 4.55. The van der Waals surface area contributed by atoms with Crippen LogP contribution in [0.15, 0.2) is 18.2 Å². The number of rotatable bonds is 9. The molecule has 0 fully saturated rings. The zero-order valence-electron chi connectivity index (χ0n) is 11.7. The second-order valence-electron chi connectivity index (χ2n) is 4.95. The van der Waals surface area contributed by atoms with E-state index >= 15 is 0 Å². The van der Waals surface area contributed by atoms with E-state index in [1.165, 1.54) is 25.0 Å². The molecule has 0 bridgehead atoms. The molecule has 0 unspecified atom stereocenters. The summed E-state index contributed by atoms with van der Waals surface area (Å²) in [6, 6.07) is 5.01. The summed E-state index contributed by atoms with van der Waals surface area (Å²) >= 11 is 5.67. The third-order valence-corrected chi connectivity index (χ3v) is 3.07. The summed E-state index contributed by atoms with van der Waals surface area (Å²) in [6.45, 7) is 6.04. The molecule has 4 heteroatoms. The molecule has 19 heavy (non-hydrogen) atoms. The summed E-state index contributed by atoms with van der Waals surface area (Å²) in [5, 5.41) is 3.50. The quantitative estimate of drug-likeness (QED) is 0.679. The van der Waals surface area contributed by atoms with Crippen LogP contribution >= 0.6 is 11.6 Å². The van der Waals surface area contributed by atoms with Crippen molar-refractivity contribution in [2.45, 2.75) is 45.6 Å². The highest BCUT2D eigenvalue weighted by Gasteiger charge is 2.01. The molecule has 0 aliphatic heterocycles. The van der Waals surface area contributed by atoms with Gasteiger partial charge >= 0.3 is 0 Å². The first kappa shape index (κ1) is 16.3. The Morgan fingerprint density at radius 2 is 1.95 bits per heavy atom. The highest BCUT2D eigenvalue weighted by Crippen LogP contribution is 2.21. The van der Waals surface area contributed by atoms with Gasteiger partial charge in [-0.3, -0.25) is 0 Å². The number of hydrogen-bond donors (Lipinski definition) is 1. The molecule has 0 aromatic heterocycles. The average molecular weight is 288 g/mol. The van der Waals surface area contributed by atoms with E-state index in [-0.39, 0.29) is 5.02 Å². The van der Waals surface area contributed by atoms with Crippen molar-refractivity contribution in [3.8, 4) is 5.75 Å². The summed E-state index contributed by atoms with van der Waals surface area (Å²) in [4.78, 5) is 0. The Kier molecular flexibility index (Phi) is 7.84. The Morgan fingerprint density at radius 1 is 1.21 bits per heavy atom. The minimum atomic E-state index is -0.410. The highest BCUT2D eigenvalue weighted by molar-refractivity contribution is 6.30. The molecule has 0 aliphatic carbocycles. The third-order valence-electron chi connectivity index (χ3n) is 2.78. The topological polar surface area (TPSA) is 21.3 Å². The van der Waals surface area contributed by atoms with Gasteiger partial charge in [0.15, 0.2) is 0 Å². The van der Waals surface area contributed by atoms with Crippen LogP contribution in [0.2, 0.25) is 5.02 Å². The van der Waals surface area contributed by atoms with E-state index in [1.807, 2.05) is 0 Å². The van der Waals surface area contributed by atoms with E-state index in [1.54, 1.807) is 6.07 Å². The van der Waals surface area contributed by atoms with Crippen LogP contribution in [0.25, 0.3) is 0 Å². The normalized spacial score (nSPS) is 11.0. The second kappa shape index (κ2) is 9.16. The van der Waals surface area contributed by atoms with Crippen molar-refractivity contribution in [3.05, 3.63) is 29.0 Å². The first-order chi connectivity index (χ1) is 9.09. The van der Waals surface area contributed by atoms with Crippen LogP contribution in [0.4, 0.5) is 4.39 Å². The predicted octanol–water partition coefficient (Wildman–Crippen LogP) is 4.42. The van der Waals surface area contributed by atoms with Gasteiger partial charge in [0.2, 0.25) is 0 Å². The van der Waals surface area contributed by atoms with Gasteiger partial charge in [-0.15, -0.1) is 0 Å². The first-order valence-electron chi connectivity index (χ1n) is 6.91. The summed E-state index contributed by atoms with van der Waals surface area (Å²) in [5.74, 6) is 0.222. The van der Waals surface area contributed by atoms with Gasteiger partial charge < -0.3 is 10.1 Å². The Morgan fingerprint density at radius 3 is 2.63 bits per heavy atom. The lowest BCUT2D eigenvalue weighted by Gasteiger charge is -2.08. The molecular weight excluding hydrogens is 265 g/mol. The molecule has 108 valence electrons. The van der Waals surface area contributed by atoms with Gasteiger partial charge in [0, 0.05) is 12.1 Å². The van der Waals surface area contributed by atoms with Crippen molar-refractivity contribution in [2.75, 3.05) is 13.2 Å². The van der Waals surface area contributed by atoms with Crippen LogP contribution in [-0.4, -0.2) is 19.2 Å². The number of benzene rings is 1. The van der Waals surface area contributed by atoms with Gasteiger partial charge in [-0.2, -0.15) is 0 Å². The minimum absolute atomic E-state index is 0.109. The zero-order valence-corrected chi connectivity index (χ0v) is 12.5. The lowest BCUT2D eigenvalue weighted by Crippen LogP contribution is -2.23. The molecule has 1 rings (SSSR count). The predicted molar refractivity (Wildman–Crippen MR) is 78.5 cm³/mol. The molecule has 0 saturated heterocycles. The SMILES string of the molecule is CC(C)NCCCCCCOc1ccc(F)c(Cl)c1. The summed E-state index contributed by atoms with van der Waals surface area (Å²) in [5.41, 5.74) is 0. The fourth-order valence-electron chi connectivity index (χ4n) is 1.73. The van der Waals surface area contributed by atoms with Crippen LogP contribution in [-0.2, 0) is 0 Å². The molecule has 0 heterocycles. The van der Waals surface area contributed by atoms with Crippen LogP contribution < -0.4 is 10.1 Å². The molecule has 0 saturated carbocycles. The molecule has 1 N–H and O–H groups in total. The largest absolute Gasteiger partial charge is 0.494 e. The number of unbranched alkanes of at least 4 members (excludes halogenated alkanes) is 3. The fourth-order valence-corrected chi connectivity index (χ4v) is 1.90. The van der Waals surface area contributed by atoms with Crippen molar-refractivity contribution in [1.29, 1.82) is 0 Å². The fraction of sp³-hybridized carbons (Fsp3) is 0.600. The van der Waals surface area contributed by atoms with Crippen molar-refractivity contribution in [1.82, 2.24) is 5.32 Å². The first-order valence-corrected chi connectivity index (χ1v) is 7.28. The number of hydrogen-bond acceptors (Lipinski definition) is 2. The van der Waals surface area contributed by atoms with E-state index < -0.39 is 5.82 Å². The highest BCUT2D eigenvalue weighted by atomic mass is 35.5. The van der Waals surface area contributed by atoms with E-state index in [4.69, 9.17) is 16.3 Å². The van der Waals surface area contributed by atoms with E-state index in [9.17, 15) is 4.39 Å². The van der Waals surface area contributed by atoms with Crippen LogP contribution in [0, 0.1) is 5.82 Å². The molecule has 2 nitrogen and oxygen atoms in total. The van der Waals surface area contributed by atoms with Gasteiger partial charge in [-0.25, -0.2) is 4.39 Å². The lowest BCUT2D eigenvalue weighted by molar-refractivity contribution is 0.304. The summed E-state index contributed by atoms with van der Waals surface area (Å²) in [7, 11) is 0. The zero-order chi connectivity index (χ0) is 14.1. The lowest BCUT2D eigenvalue weighted by atomic mass is 10.2. The Hall–Kier alpha value is -0.800. The third kappa shape index (κ3) is 7.38. The van der Waals surface area contributed by atoms with E-state index in [0.717, 1.165) is 19.4 Å². The molecule has 1 aromatic carbocycles. The van der Waals surface area contributed by atoms with Gasteiger partial charge in [0.1, 0.15) is 11.6 Å². The molecular formula is C15H23ClFNO. The standard InChI is InChI=1S/C15H23ClFNO/c1-12(2)18-9-5-3-4-6-10-19-13-7-8-15(17)14(16)11-13/h7-8,11-12,18H,3-6,9-10H2,1-2H3. The van der Waals surface area contributed by atoms with Crippen LogP contribution in [0.5, 0.6) is 5.75 Å². The molecule has 0 spiro atoms. The molecule has 1 aromatic rings. The maximum atomic E-state index is 12.9. The van der Waals surface area contributed by atoms with Gasteiger partial charge in [0.25, 0.3) is 0 Å². The summed E-state index contributed by atoms with van der Waals surface area (Å²) < 4.78 is 18.4. The Labute approximate surface area is 120 Å². The number of halogens is 2. The number of ether oxygens (including phenoxy) is 1. The van der Waals surface area contributed by atoms with Crippen LogP contribution in [0.1, 0.15) is 39.5 Å². The van der Waals surface area contributed by atoms with Crippen LogP contribution in [0.3, 0.4) is 0 Å². The molecule has 0 aliphatic rings. The smallest absolute Gasteiger partial charge is 0.142 e. The molecule has 0 radical (unpaired) electrons. The monoisotopic (exact) mass is 287 g/mol. The Balaban J connectivity index is 2.03. The van der Waals surface area contributed by atoms with Crippen molar-refractivity contribution >= 4 is 11.6 Å². The van der Waals surface area contributed by atoms with Gasteiger partial charge in [-0.1, -0.05) is 38.3 Å². The second-order valence-corrected chi connectivity index (χ2v) is 5.35. The number of nitrogens with one attached hydrogen (secondary N) is 1. The minimum Gasteiger partial charge on any atom is -0.494 e. The maximum absolute atomic E-state index is 12.9. The van der Waals surface area contributed by atoms with Crippen molar-refractivity contribution in [3.63, 3.8) is 0 Å². The van der Waals surface area contributed by atoms with Gasteiger partial charge in [0.05, 0.1) is 11.6 Å². The molecule has 0 atom stereocenters. The molecule has 0 amide bonds. The maximum Gasteiger partial charge on any atom is 0.142 e. The Bertz CT molecular complexity index is 371. The van der Waals surface area contributed by atoms with Gasteiger partial charge in [-0.05, 0) is 31.5 Å². The van der Waals surface area contributed by atoms with E-state index in [0.29, 0.717) is 18.4 Å². The van der Waals surface area contributed by atoms with E-state index in [2.05, 4.69) is 19.2 Å². The average Bonchev–Trinajstić information content (AvgIpc) is 2.36.